The number of rotatable bonds is 10. The summed E-state index contributed by atoms with van der Waals surface area (Å²) in [5.74, 6) is 0. The van der Waals surface area contributed by atoms with E-state index < -0.39 is 15.1 Å². The van der Waals surface area contributed by atoms with E-state index in [9.17, 15) is 13.2 Å². The molecule has 0 fully saturated rings. The van der Waals surface area contributed by atoms with Crippen LogP contribution >= 0.6 is 0 Å². The molecular weight excluding hydrogens is 224 g/mol. The van der Waals surface area contributed by atoms with Crippen molar-refractivity contribution in [1.29, 1.82) is 0 Å². The van der Waals surface area contributed by atoms with Crippen molar-refractivity contribution in [3.8, 4) is 0 Å². The summed E-state index contributed by atoms with van der Waals surface area (Å²) in [7, 11) is -3.18. The maximum Gasteiger partial charge on any atom is 0.157 e. The Balaban J connectivity index is 3.54. The van der Waals surface area contributed by atoms with Crippen molar-refractivity contribution < 1.29 is 13.2 Å². The van der Waals surface area contributed by atoms with E-state index in [0.717, 1.165) is 25.5 Å². The molecule has 1 atom stereocenters. The molecule has 1 unspecified atom stereocenters. The van der Waals surface area contributed by atoms with E-state index in [4.69, 9.17) is 0 Å². The normalized spacial score (nSPS) is 13.6. The standard InChI is InChI=1S/C12H24O3S/c1-3-4-5-6-7-8-9-10-12(11-13)16(2,14)15/h11-12H,3-10H2,1-2H3. The molecule has 0 rings (SSSR count). The van der Waals surface area contributed by atoms with Crippen LogP contribution in [0.1, 0.15) is 58.3 Å². The number of carbonyl (C=O) groups excluding carboxylic acids is 1. The van der Waals surface area contributed by atoms with Gasteiger partial charge in [-0.25, -0.2) is 8.42 Å². The van der Waals surface area contributed by atoms with Crippen LogP contribution in [0.3, 0.4) is 0 Å². The lowest BCUT2D eigenvalue weighted by Gasteiger charge is -2.07. The van der Waals surface area contributed by atoms with Gasteiger partial charge in [-0.2, -0.15) is 0 Å². The van der Waals surface area contributed by atoms with Gasteiger partial charge in [0, 0.05) is 6.26 Å². The number of carbonyl (C=O) groups is 1. The van der Waals surface area contributed by atoms with Gasteiger partial charge in [-0.05, 0) is 6.42 Å². The molecular formula is C12H24O3S. The molecule has 0 N–H and O–H groups in total. The summed E-state index contributed by atoms with van der Waals surface area (Å²) < 4.78 is 22.3. The third kappa shape index (κ3) is 7.85. The first kappa shape index (κ1) is 15.6. The predicted molar refractivity (Wildman–Crippen MR) is 67.3 cm³/mol. The zero-order valence-corrected chi connectivity index (χ0v) is 11.3. The third-order valence-electron chi connectivity index (χ3n) is 2.79. The second-order valence-corrected chi connectivity index (χ2v) is 6.68. The van der Waals surface area contributed by atoms with Crippen LogP contribution in [0.15, 0.2) is 0 Å². The molecule has 96 valence electrons. The van der Waals surface area contributed by atoms with E-state index >= 15 is 0 Å². The minimum atomic E-state index is -3.18. The maximum atomic E-state index is 11.1. The quantitative estimate of drug-likeness (QED) is 0.441. The first-order valence-electron chi connectivity index (χ1n) is 6.16. The van der Waals surface area contributed by atoms with Crippen molar-refractivity contribution >= 4 is 16.1 Å². The fourth-order valence-corrected chi connectivity index (χ4v) is 2.48. The molecule has 0 aliphatic rings. The van der Waals surface area contributed by atoms with Gasteiger partial charge in [-0.15, -0.1) is 0 Å². The number of hydrogen-bond acceptors (Lipinski definition) is 3. The molecule has 0 spiro atoms. The Morgan fingerprint density at radius 2 is 1.50 bits per heavy atom. The summed E-state index contributed by atoms with van der Waals surface area (Å²) in [6.45, 7) is 2.18. The minimum Gasteiger partial charge on any atom is -0.302 e. The second kappa shape index (κ2) is 8.74. The summed E-state index contributed by atoms with van der Waals surface area (Å²) in [4.78, 5) is 10.6. The molecule has 3 nitrogen and oxygen atoms in total. The summed E-state index contributed by atoms with van der Waals surface area (Å²) in [5, 5.41) is -0.789. The zero-order valence-electron chi connectivity index (χ0n) is 10.4. The molecule has 16 heavy (non-hydrogen) atoms. The Morgan fingerprint density at radius 1 is 1.00 bits per heavy atom. The van der Waals surface area contributed by atoms with Crippen LogP contribution in [0.25, 0.3) is 0 Å². The van der Waals surface area contributed by atoms with E-state index in [2.05, 4.69) is 6.92 Å². The molecule has 0 aliphatic heterocycles. The van der Waals surface area contributed by atoms with Crippen molar-refractivity contribution in [2.24, 2.45) is 0 Å². The van der Waals surface area contributed by atoms with Gasteiger partial charge in [0.1, 0.15) is 11.5 Å². The SMILES string of the molecule is CCCCCCCCCC(C=O)S(C)(=O)=O. The van der Waals surface area contributed by atoms with Crippen LogP contribution < -0.4 is 0 Å². The molecule has 0 bridgehead atoms. The highest BCUT2D eigenvalue weighted by Gasteiger charge is 2.18. The molecule has 0 saturated carbocycles. The molecule has 0 heterocycles. The largest absolute Gasteiger partial charge is 0.302 e. The van der Waals surface area contributed by atoms with Gasteiger partial charge in [0.2, 0.25) is 0 Å². The average molecular weight is 248 g/mol. The molecule has 0 aromatic carbocycles. The highest BCUT2D eigenvalue weighted by Crippen LogP contribution is 2.12. The molecule has 0 aliphatic carbocycles. The predicted octanol–water partition coefficient (Wildman–Crippen LogP) is 2.74. The smallest absolute Gasteiger partial charge is 0.157 e. The van der Waals surface area contributed by atoms with E-state index in [1.807, 2.05) is 0 Å². The van der Waals surface area contributed by atoms with Gasteiger partial charge >= 0.3 is 0 Å². The van der Waals surface area contributed by atoms with Crippen LogP contribution in [0.5, 0.6) is 0 Å². The summed E-state index contributed by atoms with van der Waals surface area (Å²) >= 11 is 0. The van der Waals surface area contributed by atoms with Gasteiger partial charge < -0.3 is 4.79 Å². The van der Waals surface area contributed by atoms with Crippen LogP contribution in [0.2, 0.25) is 0 Å². The fraction of sp³-hybridized carbons (Fsp3) is 0.917. The zero-order chi connectivity index (χ0) is 12.4. The van der Waals surface area contributed by atoms with Crippen LogP contribution in [-0.2, 0) is 14.6 Å². The Labute approximate surface area is 99.5 Å². The van der Waals surface area contributed by atoms with Crippen molar-refractivity contribution in [3.63, 3.8) is 0 Å². The van der Waals surface area contributed by atoms with E-state index in [1.54, 1.807) is 0 Å². The second-order valence-electron chi connectivity index (χ2n) is 4.41. The number of hydrogen-bond donors (Lipinski definition) is 0. The average Bonchev–Trinajstić information content (AvgIpc) is 2.20. The number of sulfone groups is 1. The summed E-state index contributed by atoms with van der Waals surface area (Å²) in [6.07, 6.45) is 10.2. The van der Waals surface area contributed by atoms with E-state index in [0.29, 0.717) is 12.7 Å². The Morgan fingerprint density at radius 3 is 1.94 bits per heavy atom. The Kier molecular flexibility index (Phi) is 8.53. The lowest BCUT2D eigenvalue weighted by molar-refractivity contribution is -0.107. The van der Waals surface area contributed by atoms with Crippen LogP contribution in [-0.4, -0.2) is 26.2 Å². The summed E-state index contributed by atoms with van der Waals surface area (Å²) in [6, 6.07) is 0. The molecule has 0 saturated heterocycles. The number of aldehydes is 1. The highest BCUT2D eigenvalue weighted by molar-refractivity contribution is 7.91. The van der Waals surface area contributed by atoms with E-state index in [-0.39, 0.29) is 0 Å². The monoisotopic (exact) mass is 248 g/mol. The first-order chi connectivity index (χ1) is 7.52. The lowest BCUT2D eigenvalue weighted by atomic mass is 10.1. The number of unbranched alkanes of at least 4 members (excludes halogenated alkanes) is 6. The highest BCUT2D eigenvalue weighted by atomic mass is 32.2. The van der Waals surface area contributed by atoms with Gasteiger partial charge in [0.15, 0.2) is 9.84 Å². The molecule has 0 aromatic rings. The Bertz CT molecular complexity index is 270. The van der Waals surface area contributed by atoms with Gasteiger partial charge in [-0.1, -0.05) is 51.9 Å². The molecule has 4 heteroatoms. The third-order valence-corrected chi connectivity index (χ3v) is 4.24. The van der Waals surface area contributed by atoms with Crippen molar-refractivity contribution in [2.75, 3.05) is 6.26 Å². The van der Waals surface area contributed by atoms with Crippen molar-refractivity contribution in [3.05, 3.63) is 0 Å². The first-order valence-corrected chi connectivity index (χ1v) is 8.12. The van der Waals surface area contributed by atoms with Crippen LogP contribution in [0.4, 0.5) is 0 Å². The maximum absolute atomic E-state index is 11.1. The van der Waals surface area contributed by atoms with E-state index in [1.165, 1.54) is 25.7 Å². The fourth-order valence-electron chi connectivity index (χ4n) is 1.69. The minimum absolute atomic E-state index is 0.482. The summed E-state index contributed by atoms with van der Waals surface area (Å²) in [5.41, 5.74) is 0. The lowest BCUT2D eigenvalue weighted by Crippen LogP contribution is -2.21. The van der Waals surface area contributed by atoms with Gasteiger partial charge in [-0.3, -0.25) is 0 Å². The van der Waals surface area contributed by atoms with Gasteiger partial charge in [0.25, 0.3) is 0 Å². The van der Waals surface area contributed by atoms with Crippen molar-refractivity contribution in [1.82, 2.24) is 0 Å². The molecule has 0 amide bonds. The van der Waals surface area contributed by atoms with Gasteiger partial charge in [0.05, 0.1) is 0 Å². The molecule has 0 radical (unpaired) electrons. The topological polar surface area (TPSA) is 51.2 Å². The molecule has 0 aromatic heterocycles. The Hall–Kier alpha value is -0.380. The van der Waals surface area contributed by atoms with Crippen LogP contribution in [0, 0.1) is 0 Å². The van der Waals surface area contributed by atoms with Crippen molar-refractivity contribution in [2.45, 2.75) is 63.5 Å².